The lowest BCUT2D eigenvalue weighted by molar-refractivity contribution is -0.145. The van der Waals surface area contributed by atoms with Crippen LogP contribution >= 0.6 is 11.6 Å². The summed E-state index contributed by atoms with van der Waals surface area (Å²) in [6.07, 6.45) is 0.153. The Kier molecular flexibility index (Phi) is 8.81. The van der Waals surface area contributed by atoms with Crippen molar-refractivity contribution in [2.45, 2.75) is 31.8 Å². The van der Waals surface area contributed by atoms with Crippen molar-refractivity contribution in [3.8, 4) is 5.75 Å². The second-order valence-electron chi connectivity index (χ2n) is 6.84. The van der Waals surface area contributed by atoms with Crippen molar-refractivity contribution in [3.05, 3.63) is 64.4 Å². The molecular weight excluding hydrogens is 427 g/mol. The Morgan fingerprint density at radius 1 is 1.00 bits per heavy atom. The van der Waals surface area contributed by atoms with Crippen LogP contribution in [-0.2, 0) is 32.0 Å². The van der Waals surface area contributed by atoms with Crippen LogP contribution < -0.4 is 15.4 Å². The van der Waals surface area contributed by atoms with Crippen LogP contribution in [0.5, 0.6) is 5.75 Å². The molecule has 2 N–H and O–H groups in total. The zero-order valence-corrected chi connectivity index (χ0v) is 18.2. The lowest BCUT2D eigenvalue weighted by Crippen LogP contribution is -2.53. The van der Waals surface area contributed by atoms with Crippen LogP contribution in [0.15, 0.2) is 42.5 Å². The van der Waals surface area contributed by atoms with Gasteiger partial charge in [0, 0.05) is 19.8 Å². The molecule has 2 rings (SSSR count). The van der Waals surface area contributed by atoms with Crippen LogP contribution in [0.2, 0.25) is 5.02 Å². The number of benzene rings is 2. The van der Waals surface area contributed by atoms with Gasteiger partial charge in [0.25, 0.3) is 0 Å². The van der Waals surface area contributed by atoms with Crippen molar-refractivity contribution < 1.29 is 28.2 Å². The van der Waals surface area contributed by atoms with E-state index >= 15 is 0 Å². The molecule has 0 unspecified atom stereocenters. The summed E-state index contributed by atoms with van der Waals surface area (Å²) in [5.74, 6) is -1.68. The minimum absolute atomic E-state index is 0.0471. The number of esters is 1. The molecule has 0 spiro atoms. The van der Waals surface area contributed by atoms with Crippen molar-refractivity contribution in [2.75, 3.05) is 14.2 Å². The molecule has 7 nitrogen and oxygen atoms in total. The van der Waals surface area contributed by atoms with Crippen molar-refractivity contribution in [2.24, 2.45) is 0 Å². The van der Waals surface area contributed by atoms with E-state index in [1.165, 1.54) is 39.3 Å². The molecule has 9 heteroatoms. The number of rotatable bonds is 9. The van der Waals surface area contributed by atoms with Gasteiger partial charge in [0.1, 0.15) is 23.7 Å². The third kappa shape index (κ3) is 7.25. The summed E-state index contributed by atoms with van der Waals surface area (Å²) in [6.45, 7) is 1.27. The van der Waals surface area contributed by atoms with E-state index in [2.05, 4.69) is 10.6 Å². The summed E-state index contributed by atoms with van der Waals surface area (Å²) in [6, 6.07) is 8.67. The standard InChI is InChI=1S/C22H24ClFN2O5/c1-13(27)25-18(11-14-5-4-6-16(24)9-14)21(28)26-19(22(29)31-3)12-15-7-8-20(30-2)17(23)10-15/h4-10,18-19H,11-12H2,1-3H3,(H,25,27)(H,26,28)/t18-,19+/m1/s1. The largest absolute Gasteiger partial charge is 0.495 e. The third-order valence-electron chi connectivity index (χ3n) is 4.48. The molecule has 0 aliphatic rings. The highest BCUT2D eigenvalue weighted by Gasteiger charge is 2.27. The molecule has 0 bridgehead atoms. The first-order valence-electron chi connectivity index (χ1n) is 9.45. The Balaban J connectivity index is 2.19. The van der Waals surface area contributed by atoms with Crippen LogP contribution in [0.25, 0.3) is 0 Å². The van der Waals surface area contributed by atoms with Gasteiger partial charge in [-0.3, -0.25) is 9.59 Å². The molecule has 2 aromatic rings. The molecule has 0 aromatic heterocycles. The molecule has 0 aliphatic heterocycles. The van der Waals surface area contributed by atoms with Crippen molar-refractivity contribution in [1.29, 1.82) is 0 Å². The zero-order valence-electron chi connectivity index (χ0n) is 17.4. The number of carbonyl (C=O) groups excluding carboxylic acids is 3. The van der Waals surface area contributed by atoms with Gasteiger partial charge >= 0.3 is 5.97 Å². The number of amides is 2. The number of methoxy groups -OCH3 is 2. The maximum Gasteiger partial charge on any atom is 0.328 e. The first-order valence-corrected chi connectivity index (χ1v) is 9.83. The van der Waals surface area contributed by atoms with Gasteiger partial charge in [0.05, 0.1) is 19.2 Å². The third-order valence-corrected chi connectivity index (χ3v) is 4.78. The summed E-state index contributed by atoms with van der Waals surface area (Å²) < 4.78 is 23.4. The van der Waals surface area contributed by atoms with Crippen molar-refractivity contribution in [3.63, 3.8) is 0 Å². The average molecular weight is 451 g/mol. The molecule has 0 saturated heterocycles. The molecule has 0 saturated carbocycles. The molecule has 0 aliphatic carbocycles. The predicted molar refractivity (Wildman–Crippen MR) is 113 cm³/mol. The minimum Gasteiger partial charge on any atom is -0.495 e. The van der Waals surface area contributed by atoms with Crippen LogP contribution in [-0.4, -0.2) is 44.1 Å². The maximum absolute atomic E-state index is 13.5. The Morgan fingerprint density at radius 2 is 1.68 bits per heavy atom. The summed E-state index contributed by atoms with van der Waals surface area (Å²) in [7, 11) is 2.69. The topological polar surface area (TPSA) is 93.7 Å². The fourth-order valence-corrected chi connectivity index (χ4v) is 3.31. The molecule has 31 heavy (non-hydrogen) atoms. The number of nitrogens with one attached hydrogen (secondary N) is 2. The number of hydrogen-bond acceptors (Lipinski definition) is 5. The second-order valence-corrected chi connectivity index (χ2v) is 7.25. The van der Waals surface area contributed by atoms with Gasteiger partial charge in [-0.2, -0.15) is 0 Å². The first kappa shape index (κ1) is 24.1. The summed E-state index contributed by atoms with van der Waals surface area (Å²) in [5, 5.41) is 5.50. The SMILES string of the molecule is COC(=O)[C@H](Cc1ccc(OC)c(Cl)c1)NC(=O)[C@@H](Cc1cccc(F)c1)NC(C)=O. The quantitative estimate of drug-likeness (QED) is 0.572. The molecule has 0 heterocycles. The van der Waals surface area contributed by atoms with E-state index in [0.717, 1.165) is 0 Å². The number of hydrogen-bond donors (Lipinski definition) is 2. The van der Waals surface area contributed by atoms with Crippen LogP contribution in [0.1, 0.15) is 18.1 Å². The Labute approximate surface area is 184 Å². The van der Waals surface area contributed by atoms with E-state index in [1.807, 2.05) is 0 Å². The molecule has 166 valence electrons. The highest BCUT2D eigenvalue weighted by atomic mass is 35.5. The van der Waals surface area contributed by atoms with Crippen LogP contribution in [0, 0.1) is 5.82 Å². The summed E-state index contributed by atoms with van der Waals surface area (Å²) >= 11 is 6.14. The predicted octanol–water partition coefficient (Wildman–Crippen LogP) is 2.44. The van der Waals surface area contributed by atoms with Crippen LogP contribution in [0.3, 0.4) is 0 Å². The highest BCUT2D eigenvalue weighted by Crippen LogP contribution is 2.25. The van der Waals surface area contributed by atoms with Crippen LogP contribution in [0.4, 0.5) is 4.39 Å². The van der Waals surface area contributed by atoms with Crippen molar-refractivity contribution >= 4 is 29.4 Å². The Bertz CT molecular complexity index is 953. The molecule has 0 radical (unpaired) electrons. The zero-order chi connectivity index (χ0) is 23.0. The van der Waals surface area contributed by atoms with Gasteiger partial charge in [-0.1, -0.05) is 29.8 Å². The maximum atomic E-state index is 13.5. The average Bonchev–Trinajstić information content (AvgIpc) is 2.72. The van der Waals surface area contributed by atoms with E-state index in [1.54, 1.807) is 24.3 Å². The molecule has 2 aromatic carbocycles. The number of carbonyl (C=O) groups is 3. The van der Waals surface area contributed by atoms with Gasteiger partial charge in [-0.05, 0) is 35.4 Å². The van der Waals surface area contributed by atoms with Gasteiger partial charge in [-0.15, -0.1) is 0 Å². The van der Waals surface area contributed by atoms with Crippen molar-refractivity contribution in [1.82, 2.24) is 10.6 Å². The van der Waals surface area contributed by atoms with E-state index in [-0.39, 0.29) is 12.8 Å². The van der Waals surface area contributed by atoms with Gasteiger partial charge in [-0.25, -0.2) is 9.18 Å². The molecular formula is C22H24ClFN2O5. The minimum atomic E-state index is -1.02. The fourth-order valence-electron chi connectivity index (χ4n) is 3.03. The molecule has 0 fully saturated rings. The van der Waals surface area contributed by atoms with E-state index in [4.69, 9.17) is 21.1 Å². The molecule has 2 amide bonds. The van der Waals surface area contributed by atoms with E-state index in [0.29, 0.717) is 21.9 Å². The van der Waals surface area contributed by atoms with Gasteiger partial charge in [0.2, 0.25) is 11.8 Å². The van der Waals surface area contributed by atoms with E-state index in [9.17, 15) is 18.8 Å². The number of ether oxygens (including phenoxy) is 2. The smallest absolute Gasteiger partial charge is 0.328 e. The monoisotopic (exact) mass is 450 g/mol. The lowest BCUT2D eigenvalue weighted by atomic mass is 10.0. The van der Waals surface area contributed by atoms with Gasteiger partial charge < -0.3 is 20.1 Å². The second kappa shape index (κ2) is 11.3. The Morgan fingerprint density at radius 3 is 2.26 bits per heavy atom. The highest BCUT2D eigenvalue weighted by molar-refractivity contribution is 6.32. The lowest BCUT2D eigenvalue weighted by Gasteiger charge is -2.22. The summed E-state index contributed by atoms with van der Waals surface area (Å²) in [5.41, 5.74) is 1.19. The molecule has 2 atom stereocenters. The number of halogens is 2. The van der Waals surface area contributed by atoms with E-state index < -0.39 is 35.7 Å². The normalized spacial score (nSPS) is 12.4. The fraction of sp³-hybridized carbons (Fsp3) is 0.318. The van der Waals surface area contributed by atoms with Gasteiger partial charge in [0.15, 0.2) is 0 Å². The first-order chi connectivity index (χ1) is 14.7. The summed E-state index contributed by atoms with van der Waals surface area (Å²) in [4.78, 5) is 36.8. The Hall–Kier alpha value is -3.13.